The minimum atomic E-state index is -1.05. The molecule has 198 valence electrons. The van der Waals surface area contributed by atoms with Gasteiger partial charge in [0.2, 0.25) is 0 Å². The first-order chi connectivity index (χ1) is 16.0. The predicted octanol–water partition coefficient (Wildman–Crippen LogP) is 5.18. The number of carbonyl (C=O) groups is 1. The quantitative estimate of drug-likeness (QED) is 0.382. The van der Waals surface area contributed by atoms with Crippen LogP contribution in [0.4, 0.5) is 0 Å². The molecule has 0 radical (unpaired) electrons. The first-order valence-electron chi connectivity index (χ1n) is 14.0. The second-order valence-corrected chi connectivity index (χ2v) is 14.9. The van der Waals surface area contributed by atoms with Gasteiger partial charge in [-0.25, -0.2) is 0 Å². The van der Waals surface area contributed by atoms with Gasteiger partial charge < -0.3 is 20.4 Å². The van der Waals surface area contributed by atoms with E-state index < -0.39 is 29.2 Å². The summed E-state index contributed by atoms with van der Waals surface area (Å²) in [6.45, 7) is 15.3. The third-order valence-corrected chi connectivity index (χ3v) is 13.4. The summed E-state index contributed by atoms with van der Waals surface area (Å²) in [6.07, 6.45) is 7.21. The van der Waals surface area contributed by atoms with Gasteiger partial charge in [0, 0.05) is 5.92 Å². The lowest BCUT2D eigenvalue weighted by molar-refractivity contribution is -0.237. The minimum Gasteiger partial charge on any atom is -0.481 e. The number of hydrogen-bond acceptors (Lipinski definition) is 4. The molecule has 4 fully saturated rings. The number of allylic oxidation sites excluding steroid dienone is 1. The highest BCUT2D eigenvalue weighted by Gasteiger charge is 2.71. The summed E-state index contributed by atoms with van der Waals surface area (Å²) in [5.41, 5.74) is -1.46. The van der Waals surface area contributed by atoms with E-state index in [4.69, 9.17) is 0 Å². The number of aliphatic carboxylic acids is 1. The molecule has 0 aromatic carbocycles. The molecule has 0 aromatic rings. The van der Waals surface area contributed by atoms with Crippen molar-refractivity contribution in [3.63, 3.8) is 0 Å². The molecule has 0 spiro atoms. The second kappa shape index (κ2) is 7.35. The van der Waals surface area contributed by atoms with E-state index in [1.54, 1.807) is 0 Å². The summed E-state index contributed by atoms with van der Waals surface area (Å²) in [4.78, 5) is 12.8. The highest BCUT2D eigenvalue weighted by atomic mass is 16.4. The molecule has 5 heteroatoms. The van der Waals surface area contributed by atoms with Crippen molar-refractivity contribution < 1.29 is 25.2 Å². The van der Waals surface area contributed by atoms with E-state index in [1.807, 2.05) is 6.92 Å². The van der Waals surface area contributed by atoms with Crippen LogP contribution in [0.3, 0.4) is 0 Å². The SMILES string of the molecule is C[C@@H]1CC[C@]2(C(=O)O)CC[C@]3(C)C(=CC[C@H]4[C@@]5(C)C[C@@H](O)[C@@H](O)C(C)(C)[C@H]5CC[C@]43C)[C@@H]2[C@]1(C)O. The van der Waals surface area contributed by atoms with Crippen molar-refractivity contribution in [2.24, 2.45) is 50.7 Å². The Labute approximate surface area is 211 Å². The standard InChI is InChI=1S/C30H48O5/c1-17-10-13-30(24(33)34)15-14-27(5)18(22(30)29(17,7)35)8-9-21-26(4)16-19(31)23(32)25(2,3)20(26)11-12-28(21,27)6/h8,17,19-23,31-32,35H,9-16H2,1-7H3,(H,33,34)/t17-,19-,20-,21+,22-,23-,26+,27-,28-,29-,30+/m1/s1. The molecule has 4 N–H and O–H groups in total. The van der Waals surface area contributed by atoms with Gasteiger partial charge >= 0.3 is 5.97 Å². The summed E-state index contributed by atoms with van der Waals surface area (Å²) in [5.74, 6) is -0.394. The fourth-order valence-corrected chi connectivity index (χ4v) is 11.0. The Morgan fingerprint density at radius 1 is 0.943 bits per heavy atom. The molecule has 5 aliphatic rings. The van der Waals surface area contributed by atoms with E-state index in [0.29, 0.717) is 31.1 Å². The molecular weight excluding hydrogens is 440 g/mol. The third kappa shape index (κ3) is 2.90. The highest BCUT2D eigenvalue weighted by molar-refractivity contribution is 5.77. The van der Waals surface area contributed by atoms with Crippen molar-refractivity contribution in [3.05, 3.63) is 11.6 Å². The van der Waals surface area contributed by atoms with Crippen molar-refractivity contribution in [2.45, 2.75) is 118 Å². The lowest BCUT2D eigenvalue weighted by Gasteiger charge is -2.72. The van der Waals surface area contributed by atoms with Gasteiger partial charge in [0.25, 0.3) is 0 Å². The maximum atomic E-state index is 12.8. The van der Waals surface area contributed by atoms with Crippen molar-refractivity contribution >= 4 is 5.97 Å². The van der Waals surface area contributed by atoms with Crippen LogP contribution in [0.1, 0.15) is 99.8 Å². The molecule has 5 nitrogen and oxygen atoms in total. The maximum absolute atomic E-state index is 12.8. The van der Waals surface area contributed by atoms with E-state index in [2.05, 4.69) is 47.6 Å². The van der Waals surface area contributed by atoms with Gasteiger partial charge in [-0.3, -0.25) is 4.79 Å². The average molecular weight is 489 g/mol. The van der Waals surface area contributed by atoms with Crippen LogP contribution in [0.5, 0.6) is 0 Å². The zero-order valence-corrected chi connectivity index (χ0v) is 22.9. The number of carboxylic acids is 1. The normalized spacial score (nSPS) is 57.1. The Morgan fingerprint density at radius 3 is 2.23 bits per heavy atom. The van der Waals surface area contributed by atoms with Crippen molar-refractivity contribution in [1.82, 2.24) is 0 Å². The Kier molecular flexibility index (Phi) is 5.40. The van der Waals surface area contributed by atoms with Crippen LogP contribution in [0.2, 0.25) is 0 Å². The van der Waals surface area contributed by atoms with Crippen LogP contribution >= 0.6 is 0 Å². The van der Waals surface area contributed by atoms with Gasteiger partial charge in [-0.2, -0.15) is 0 Å². The minimum absolute atomic E-state index is 0.0535. The molecule has 5 rings (SSSR count). The third-order valence-electron chi connectivity index (χ3n) is 13.4. The monoisotopic (exact) mass is 488 g/mol. The number of rotatable bonds is 1. The topological polar surface area (TPSA) is 98.0 Å². The van der Waals surface area contributed by atoms with Crippen molar-refractivity contribution in [3.8, 4) is 0 Å². The second-order valence-electron chi connectivity index (χ2n) is 14.9. The maximum Gasteiger partial charge on any atom is 0.310 e. The predicted molar refractivity (Wildman–Crippen MR) is 135 cm³/mol. The average Bonchev–Trinajstić information content (AvgIpc) is 2.75. The van der Waals surface area contributed by atoms with Crippen LogP contribution in [0.25, 0.3) is 0 Å². The molecule has 35 heavy (non-hydrogen) atoms. The molecule has 0 aliphatic heterocycles. The Morgan fingerprint density at radius 2 is 1.60 bits per heavy atom. The molecule has 4 saturated carbocycles. The van der Waals surface area contributed by atoms with E-state index in [9.17, 15) is 25.2 Å². The molecule has 0 saturated heterocycles. The summed E-state index contributed by atoms with van der Waals surface area (Å²) in [6, 6.07) is 0. The zero-order chi connectivity index (χ0) is 26.0. The van der Waals surface area contributed by atoms with E-state index in [0.717, 1.165) is 32.1 Å². The van der Waals surface area contributed by atoms with Gasteiger partial charge in [-0.15, -0.1) is 0 Å². The lowest BCUT2D eigenvalue weighted by atomic mass is 9.33. The van der Waals surface area contributed by atoms with Crippen molar-refractivity contribution in [1.29, 1.82) is 0 Å². The molecule has 0 bridgehead atoms. The van der Waals surface area contributed by atoms with Gasteiger partial charge in [0.15, 0.2) is 0 Å². The fourth-order valence-electron chi connectivity index (χ4n) is 11.0. The van der Waals surface area contributed by atoms with E-state index >= 15 is 0 Å². The first-order valence-corrected chi connectivity index (χ1v) is 14.0. The zero-order valence-electron chi connectivity index (χ0n) is 22.9. The molecule has 0 unspecified atom stereocenters. The molecule has 0 amide bonds. The fraction of sp³-hybridized carbons (Fsp3) is 0.900. The lowest BCUT2D eigenvalue weighted by Crippen LogP contribution is -2.68. The van der Waals surface area contributed by atoms with E-state index in [1.165, 1.54) is 5.57 Å². The van der Waals surface area contributed by atoms with Crippen LogP contribution in [-0.2, 0) is 4.79 Å². The molecule has 11 atom stereocenters. The van der Waals surface area contributed by atoms with E-state index in [-0.39, 0.29) is 33.5 Å². The van der Waals surface area contributed by atoms with Crippen molar-refractivity contribution in [2.75, 3.05) is 0 Å². The molecule has 0 heterocycles. The number of carboxylic acid groups (broad SMARTS) is 1. The number of fused-ring (bicyclic) bond motifs is 7. The molecule has 0 aromatic heterocycles. The van der Waals surface area contributed by atoms with Gasteiger partial charge in [0.05, 0.1) is 23.2 Å². The highest BCUT2D eigenvalue weighted by Crippen LogP contribution is 2.76. The van der Waals surface area contributed by atoms with Crippen LogP contribution < -0.4 is 0 Å². The van der Waals surface area contributed by atoms with Gasteiger partial charge in [-0.1, -0.05) is 53.2 Å². The summed E-state index contributed by atoms with van der Waals surface area (Å²) in [5, 5.41) is 44.3. The number of hydrogen-bond donors (Lipinski definition) is 4. The summed E-state index contributed by atoms with van der Waals surface area (Å²) >= 11 is 0. The first kappa shape index (κ1) is 25.7. The van der Waals surface area contributed by atoms with Crippen LogP contribution in [0, 0.1) is 50.7 Å². The molecular formula is C30H48O5. The Bertz CT molecular complexity index is 952. The van der Waals surface area contributed by atoms with Gasteiger partial charge in [0.1, 0.15) is 0 Å². The van der Waals surface area contributed by atoms with Crippen LogP contribution in [-0.4, -0.2) is 44.2 Å². The largest absolute Gasteiger partial charge is 0.481 e. The Hall–Kier alpha value is -0.910. The van der Waals surface area contributed by atoms with Gasteiger partial charge in [-0.05, 0) is 97.7 Å². The Balaban J connectivity index is 1.65. The summed E-state index contributed by atoms with van der Waals surface area (Å²) in [7, 11) is 0. The van der Waals surface area contributed by atoms with Crippen LogP contribution in [0.15, 0.2) is 11.6 Å². The number of aliphatic hydroxyl groups is 3. The number of aliphatic hydroxyl groups excluding tert-OH is 2. The summed E-state index contributed by atoms with van der Waals surface area (Å²) < 4.78 is 0. The molecule has 5 aliphatic carbocycles. The smallest absolute Gasteiger partial charge is 0.310 e.